The Balaban J connectivity index is 2.42. The summed E-state index contributed by atoms with van der Waals surface area (Å²) in [6.07, 6.45) is 19.3. The van der Waals surface area contributed by atoms with E-state index in [2.05, 4.69) is 34.6 Å². The Morgan fingerprint density at radius 3 is 1.68 bits per heavy atom. The summed E-state index contributed by atoms with van der Waals surface area (Å²) in [6, 6.07) is 0. The van der Waals surface area contributed by atoms with Gasteiger partial charge in [0.25, 0.3) is 0 Å². The minimum absolute atomic E-state index is 0.466. The van der Waals surface area contributed by atoms with Gasteiger partial charge < -0.3 is 0 Å². The maximum Gasteiger partial charge on any atom is -0.0243 e. The van der Waals surface area contributed by atoms with Crippen molar-refractivity contribution >= 4 is 0 Å². The first-order valence-corrected chi connectivity index (χ1v) is 10.4. The molecule has 0 amide bonds. The van der Waals surface area contributed by atoms with E-state index in [0.29, 0.717) is 16.2 Å². The van der Waals surface area contributed by atoms with Crippen LogP contribution in [-0.4, -0.2) is 0 Å². The lowest BCUT2D eigenvalue weighted by Gasteiger charge is -2.54. The van der Waals surface area contributed by atoms with E-state index in [9.17, 15) is 0 Å². The van der Waals surface area contributed by atoms with E-state index in [1.807, 2.05) is 0 Å². The third-order valence-corrected chi connectivity index (χ3v) is 7.85. The number of rotatable bonds is 2. The van der Waals surface area contributed by atoms with Gasteiger partial charge in [-0.15, -0.1) is 0 Å². The fourth-order valence-corrected chi connectivity index (χ4v) is 5.80. The molecule has 2 aliphatic rings. The van der Waals surface area contributed by atoms with Crippen LogP contribution in [0.2, 0.25) is 0 Å². The van der Waals surface area contributed by atoms with Crippen molar-refractivity contribution in [1.29, 1.82) is 0 Å². The van der Waals surface area contributed by atoms with Crippen molar-refractivity contribution in [2.45, 2.75) is 118 Å². The molecule has 0 nitrogen and oxygen atoms in total. The molecule has 0 N–H and O–H groups in total. The molecule has 0 radical (unpaired) electrons. The highest BCUT2D eigenvalue weighted by Gasteiger charge is 2.49. The molecule has 0 aromatic heterocycles. The molecular weight excluding hydrogens is 264 g/mol. The van der Waals surface area contributed by atoms with Crippen molar-refractivity contribution in [3.63, 3.8) is 0 Å². The highest BCUT2D eigenvalue weighted by molar-refractivity contribution is 4.99. The molecule has 3 atom stereocenters. The molecule has 3 unspecified atom stereocenters. The second-order valence-electron chi connectivity index (χ2n) is 9.85. The van der Waals surface area contributed by atoms with Gasteiger partial charge in [-0.3, -0.25) is 0 Å². The van der Waals surface area contributed by atoms with Crippen LogP contribution in [0.25, 0.3) is 0 Å². The molecule has 2 saturated carbocycles. The Labute approximate surface area is 140 Å². The molecule has 0 heteroatoms. The van der Waals surface area contributed by atoms with Crippen molar-refractivity contribution in [2.75, 3.05) is 0 Å². The van der Waals surface area contributed by atoms with Crippen LogP contribution < -0.4 is 0 Å². The molecule has 2 rings (SSSR count). The molecule has 130 valence electrons. The topological polar surface area (TPSA) is 0 Å². The normalized spacial score (nSPS) is 36.4. The number of fused-ring (bicyclic) bond motifs is 2. The van der Waals surface area contributed by atoms with Crippen LogP contribution in [0.5, 0.6) is 0 Å². The van der Waals surface area contributed by atoms with Crippen molar-refractivity contribution in [3.8, 4) is 0 Å². The first kappa shape index (κ1) is 18.3. The van der Waals surface area contributed by atoms with Gasteiger partial charge >= 0.3 is 0 Å². The van der Waals surface area contributed by atoms with Gasteiger partial charge in [-0.25, -0.2) is 0 Å². The highest BCUT2D eigenvalue weighted by Crippen LogP contribution is 2.59. The van der Waals surface area contributed by atoms with Crippen LogP contribution >= 0.6 is 0 Å². The third kappa shape index (κ3) is 3.73. The summed E-state index contributed by atoms with van der Waals surface area (Å²) in [6.45, 7) is 12.7. The summed E-state index contributed by atoms with van der Waals surface area (Å²) in [4.78, 5) is 0. The SMILES string of the molecule is CCC(C)C12CCCCCCC(C(C)(C)C)(CCCCC1)C2. The van der Waals surface area contributed by atoms with Crippen LogP contribution in [0.1, 0.15) is 118 Å². The van der Waals surface area contributed by atoms with Gasteiger partial charge in [0.2, 0.25) is 0 Å². The molecule has 0 aromatic carbocycles. The van der Waals surface area contributed by atoms with Crippen molar-refractivity contribution in [1.82, 2.24) is 0 Å². The lowest BCUT2D eigenvalue weighted by Crippen LogP contribution is -2.44. The van der Waals surface area contributed by atoms with E-state index >= 15 is 0 Å². The maximum atomic E-state index is 2.58. The van der Waals surface area contributed by atoms with Gasteiger partial charge in [-0.1, -0.05) is 86.0 Å². The maximum absolute atomic E-state index is 2.58. The Morgan fingerprint density at radius 1 is 0.773 bits per heavy atom. The minimum atomic E-state index is 0.466. The van der Waals surface area contributed by atoms with Crippen LogP contribution in [-0.2, 0) is 0 Å². The summed E-state index contributed by atoms with van der Waals surface area (Å²) >= 11 is 0. The van der Waals surface area contributed by atoms with E-state index in [1.54, 1.807) is 0 Å². The molecule has 0 aromatic rings. The molecule has 0 spiro atoms. The van der Waals surface area contributed by atoms with Gasteiger partial charge in [-0.05, 0) is 54.3 Å². The predicted octanol–water partition coefficient (Wildman–Crippen LogP) is 7.76. The van der Waals surface area contributed by atoms with Gasteiger partial charge in [0.1, 0.15) is 0 Å². The third-order valence-electron chi connectivity index (χ3n) is 7.85. The van der Waals surface area contributed by atoms with Crippen LogP contribution in [0.15, 0.2) is 0 Å². The summed E-state index contributed by atoms with van der Waals surface area (Å²) in [5, 5.41) is 0. The van der Waals surface area contributed by atoms with Crippen molar-refractivity contribution in [2.24, 2.45) is 22.2 Å². The second kappa shape index (κ2) is 7.27. The van der Waals surface area contributed by atoms with Crippen molar-refractivity contribution in [3.05, 3.63) is 0 Å². The van der Waals surface area contributed by atoms with E-state index in [0.717, 1.165) is 5.92 Å². The summed E-state index contributed by atoms with van der Waals surface area (Å²) in [5.74, 6) is 0.908. The fourth-order valence-electron chi connectivity index (χ4n) is 5.80. The van der Waals surface area contributed by atoms with Crippen molar-refractivity contribution < 1.29 is 0 Å². The first-order chi connectivity index (χ1) is 10.4. The van der Waals surface area contributed by atoms with Gasteiger partial charge in [0.05, 0.1) is 0 Å². The Morgan fingerprint density at radius 2 is 1.23 bits per heavy atom. The first-order valence-electron chi connectivity index (χ1n) is 10.4. The summed E-state index contributed by atoms with van der Waals surface area (Å²) in [7, 11) is 0. The molecule has 0 heterocycles. The molecular formula is C22H42. The average molecular weight is 307 g/mol. The van der Waals surface area contributed by atoms with Gasteiger partial charge in [0.15, 0.2) is 0 Å². The zero-order valence-corrected chi connectivity index (χ0v) is 16.3. The molecule has 0 aliphatic heterocycles. The Hall–Kier alpha value is 0. The molecule has 22 heavy (non-hydrogen) atoms. The Kier molecular flexibility index (Phi) is 6.06. The van der Waals surface area contributed by atoms with Gasteiger partial charge in [-0.2, -0.15) is 0 Å². The summed E-state index contributed by atoms with van der Waals surface area (Å²) < 4.78 is 0. The van der Waals surface area contributed by atoms with Crippen LogP contribution in [0.4, 0.5) is 0 Å². The van der Waals surface area contributed by atoms with Crippen LogP contribution in [0.3, 0.4) is 0 Å². The summed E-state index contributed by atoms with van der Waals surface area (Å²) in [5.41, 5.74) is 1.71. The standard InChI is InChI=1S/C22H42/c1-6-19(2)21-14-10-7-8-12-16-22(18-21,20(3,4)5)17-13-9-11-15-21/h19H,6-18H2,1-5H3. The molecule has 2 fully saturated rings. The van der Waals surface area contributed by atoms with E-state index in [1.165, 1.54) is 83.5 Å². The minimum Gasteiger partial charge on any atom is -0.0651 e. The quantitative estimate of drug-likeness (QED) is 0.489. The largest absolute Gasteiger partial charge is 0.0651 e. The lowest BCUT2D eigenvalue weighted by atomic mass is 9.51. The molecule has 2 bridgehead atoms. The number of hydrogen-bond acceptors (Lipinski definition) is 0. The fraction of sp³-hybridized carbons (Fsp3) is 1.00. The smallest absolute Gasteiger partial charge is 0.0243 e. The monoisotopic (exact) mass is 306 g/mol. The van der Waals surface area contributed by atoms with E-state index in [4.69, 9.17) is 0 Å². The van der Waals surface area contributed by atoms with E-state index < -0.39 is 0 Å². The zero-order valence-electron chi connectivity index (χ0n) is 16.3. The predicted molar refractivity (Wildman–Crippen MR) is 99.2 cm³/mol. The highest BCUT2D eigenvalue weighted by atomic mass is 14.5. The Bertz CT molecular complexity index is 336. The van der Waals surface area contributed by atoms with Gasteiger partial charge in [0, 0.05) is 0 Å². The molecule has 0 saturated heterocycles. The average Bonchev–Trinajstić information content (AvgIpc) is 2.54. The van der Waals surface area contributed by atoms with E-state index in [-0.39, 0.29) is 0 Å². The lowest BCUT2D eigenvalue weighted by molar-refractivity contribution is -0.0384. The zero-order chi connectivity index (χ0) is 16.3. The number of hydrogen-bond donors (Lipinski definition) is 0. The second-order valence-corrected chi connectivity index (χ2v) is 9.85. The van der Waals surface area contributed by atoms with Crippen LogP contribution in [0, 0.1) is 22.2 Å². The molecule has 2 aliphatic carbocycles.